The number of benzene rings is 2. The van der Waals surface area contributed by atoms with Crippen LogP contribution in [0.4, 0.5) is 0 Å². The van der Waals surface area contributed by atoms with Crippen molar-refractivity contribution in [3.63, 3.8) is 0 Å². The van der Waals surface area contributed by atoms with Crippen molar-refractivity contribution in [3.8, 4) is 0 Å². The van der Waals surface area contributed by atoms with E-state index in [0.29, 0.717) is 65.9 Å². The number of nitrogens with two attached hydrogens (primary N) is 1. The first-order chi connectivity index (χ1) is 18.2. The van der Waals surface area contributed by atoms with Crippen LogP contribution < -0.4 is 11.9 Å². The molecule has 0 heterocycles. The molecule has 0 fully saturated rings. The zero-order valence-corrected chi connectivity index (χ0v) is 25.2. The van der Waals surface area contributed by atoms with Crippen LogP contribution in [0.2, 0.25) is 0 Å². The SMILES string of the molecule is C.N.NCCOCCOCCO.O.O.O=[C-]O.OCCOCCOCCN(Cc1ccccc1)Cc1ccccc1.[Pd]. The Kier molecular flexibility index (Phi) is 54.7. The molecule has 0 aliphatic carbocycles. The average molecular weight is 699 g/mol. The van der Waals surface area contributed by atoms with E-state index in [2.05, 4.69) is 53.4 Å². The Morgan fingerprint density at radius 2 is 1.00 bits per heavy atom. The predicted octanol–water partition coefficient (Wildman–Crippen LogP) is 0.443. The van der Waals surface area contributed by atoms with E-state index in [-0.39, 0.29) is 58.2 Å². The van der Waals surface area contributed by atoms with Crippen LogP contribution in [-0.2, 0) is 57.3 Å². The zero-order chi connectivity index (χ0) is 27.2. The van der Waals surface area contributed by atoms with Gasteiger partial charge in [-0.25, -0.2) is 0 Å². The van der Waals surface area contributed by atoms with E-state index in [1.807, 2.05) is 12.1 Å². The maximum absolute atomic E-state index is 8.65. The molecule has 0 saturated carbocycles. The van der Waals surface area contributed by atoms with Crippen molar-refractivity contribution < 1.29 is 70.4 Å². The van der Waals surface area contributed by atoms with Crippen molar-refractivity contribution in [2.75, 3.05) is 79.2 Å². The molecule has 0 amide bonds. The monoisotopic (exact) mass is 698 g/mol. The van der Waals surface area contributed by atoms with E-state index >= 15 is 0 Å². The van der Waals surface area contributed by atoms with Crippen LogP contribution in [0, 0.1) is 0 Å². The van der Waals surface area contributed by atoms with Gasteiger partial charge in [-0.3, -0.25) is 4.90 Å². The van der Waals surface area contributed by atoms with Gasteiger partial charge in [0.25, 0.3) is 0 Å². The van der Waals surface area contributed by atoms with Gasteiger partial charge in [-0.1, -0.05) is 74.6 Å². The van der Waals surface area contributed by atoms with Crippen LogP contribution >= 0.6 is 0 Å². The molecule has 0 spiro atoms. The van der Waals surface area contributed by atoms with E-state index in [4.69, 9.17) is 44.8 Å². The Bertz CT molecular complexity index is 676. The number of hydrogen-bond acceptors (Lipinski definition) is 10. The molecule has 0 aromatic heterocycles. The van der Waals surface area contributed by atoms with Gasteiger partial charge in [0.05, 0.1) is 66.1 Å². The Morgan fingerprint density at radius 1 is 0.667 bits per heavy atom. The molecule has 0 unspecified atom stereocenters. The van der Waals surface area contributed by atoms with Gasteiger partial charge in [-0.05, 0) is 11.1 Å². The van der Waals surface area contributed by atoms with E-state index < -0.39 is 0 Å². The fraction of sp³-hybridized carbons (Fsp3) is 0.536. The molecule has 14 heteroatoms. The molecule has 2 aromatic carbocycles. The third-order valence-corrected chi connectivity index (χ3v) is 4.53. The van der Waals surface area contributed by atoms with Crippen LogP contribution in [0.5, 0.6) is 0 Å². The number of ether oxygens (including phenoxy) is 4. The van der Waals surface area contributed by atoms with E-state index in [9.17, 15) is 0 Å². The zero-order valence-electron chi connectivity index (χ0n) is 23.6. The van der Waals surface area contributed by atoms with Crippen LogP contribution in [0.15, 0.2) is 60.7 Å². The minimum absolute atomic E-state index is 0. The van der Waals surface area contributed by atoms with Crippen molar-refractivity contribution >= 4 is 6.47 Å². The Balaban J connectivity index is -0.000000155. The summed E-state index contributed by atoms with van der Waals surface area (Å²) in [5.74, 6) is 0. The molecular formula is C28H54N3O10Pd-. The third-order valence-electron chi connectivity index (χ3n) is 4.53. The molecule has 0 bridgehead atoms. The smallest absolute Gasteiger partial charge is 0.0701 e. The van der Waals surface area contributed by atoms with Crippen LogP contribution in [0.1, 0.15) is 18.6 Å². The van der Waals surface area contributed by atoms with Crippen LogP contribution in [-0.4, -0.2) is 117 Å². The van der Waals surface area contributed by atoms with Gasteiger partial charge in [-0.2, -0.15) is 0 Å². The Labute approximate surface area is 264 Å². The first-order valence-electron chi connectivity index (χ1n) is 12.3. The number of aliphatic hydroxyl groups excluding tert-OH is 3. The maximum atomic E-state index is 8.65. The predicted molar refractivity (Wildman–Crippen MR) is 161 cm³/mol. The first kappa shape index (κ1) is 52.8. The molecule has 0 aliphatic rings. The summed E-state index contributed by atoms with van der Waals surface area (Å²) in [6.07, 6.45) is 0. The minimum atomic E-state index is 0. The molecule has 252 valence electrons. The second-order valence-electron chi connectivity index (χ2n) is 7.46. The van der Waals surface area contributed by atoms with Crippen molar-refractivity contribution in [1.29, 1.82) is 0 Å². The molecular weight excluding hydrogens is 645 g/mol. The van der Waals surface area contributed by atoms with Crippen molar-refractivity contribution in [2.24, 2.45) is 5.73 Å². The van der Waals surface area contributed by atoms with Gasteiger partial charge in [-0.15, -0.1) is 0 Å². The van der Waals surface area contributed by atoms with E-state index in [1.54, 1.807) is 0 Å². The molecule has 0 saturated heterocycles. The van der Waals surface area contributed by atoms with Gasteiger partial charge < -0.3 is 61.9 Å². The molecule has 2 rings (SSSR count). The van der Waals surface area contributed by atoms with Crippen molar-refractivity contribution in [2.45, 2.75) is 20.5 Å². The summed E-state index contributed by atoms with van der Waals surface area (Å²) in [6, 6.07) is 21.0. The average Bonchev–Trinajstić information content (AvgIpc) is 2.92. The fourth-order valence-corrected chi connectivity index (χ4v) is 2.95. The second-order valence-corrected chi connectivity index (χ2v) is 7.46. The molecule has 13 nitrogen and oxygen atoms in total. The van der Waals surface area contributed by atoms with Crippen LogP contribution in [0.25, 0.3) is 0 Å². The standard InChI is InChI=1S/C20H27NO3.C6H15NO3.CHO2.CH4.H3N.2H2O.Pd/c22-12-14-24-16-15-23-13-11-21(17-19-7-3-1-4-8-19)18-20-9-5-2-6-10-20;7-1-3-9-5-6-10-4-2-8;2-1-3;;;;;/h1-10,22H,11-18H2;8H,1-7H2;(H,2,3);1H4;1H3;2*1H2;/q;;-1;;;;;. The van der Waals surface area contributed by atoms with Gasteiger partial charge in [0, 0.05) is 46.6 Å². The van der Waals surface area contributed by atoms with E-state index in [1.165, 1.54) is 11.1 Å². The molecule has 0 aliphatic heterocycles. The Hall–Kier alpha value is -1.87. The van der Waals surface area contributed by atoms with Gasteiger partial charge in [0.2, 0.25) is 0 Å². The summed E-state index contributed by atoms with van der Waals surface area (Å²) in [4.78, 5) is 10.6. The van der Waals surface area contributed by atoms with Gasteiger partial charge >= 0.3 is 0 Å². The molecule has 0 radical (unpaired) electrons. The fourth-order valence-electron chi connectivity index (χ4n) is 2.95. The second kappa shape index (κ2) is 43.6. The maximum Gasteiger partial charge on any atom is 0.0701 e. The summed E-state index contributed by atoms with van der Waals surface area (Å²) in [5, 5.41) is 23.7. The molecule has 42 heavy (non-hydrogen) atoms. The summed E-state index contributed by atoms with van der Waals surface area (Å²) >= 11 is 0. The Morgan fingerprint density at radius 3 is 1.33 bits per heavy atom. The van der Waals surface area contributed by atoms with Crippen LogP contribution in [0.3, 0.4) is 0 Å². The quantitative estimate of drug-likeness (QED) is 0.0766. The summed E-state index contributed by atoms with van der Waals surface area (Å²) in [5.41, 5.74) is 7.77. The topological polar surface area (TPSA) is 242 Å². The molecule has 0 atom stereocenters. The number of rotatable bonds is 19. The normalized spacial score (nSPS) is 9.05. The summed E-state index contributed by atoms with van der Waals surface area (Å²) in [7, 11) is 0. The van der Waals surface area contributed by atoms with Gasteiger partial charge in [0.15, 0.2) is 0 Å². The van der Waals surface area contributed by atoms with E-state index in [0.717, 1.165) is 19.6 Å². The largest absolute Gasteiger partial charge is 0.665 e. The molecule has 2 aromatic rings. The summed E-state index contributed by atoms with van der Waals surface area (Å²) < 4.78 is 20.7. The number of nitrogens with zero attached hydrogens (tertiary/aromatic N) is 1. The first-order valence-corrected chi connectivity index (χ1v) is 12.3. The van der Waals surface area contributed by atoms with Crippen molar-refractivity contribution in [1.82, 2.24) is 11.1 Å². The minimum Gasteiger partial charge on any atom is -0.665 e. The molecule has 12 N–H and O–H groups in total. The van der Waals surface area contributed by atoms with Gasteiger partial charge in [0.1, 0.15) is 0 Å². The number of aliphatic hydroxyl groups is 2. The number of hydrogen-bond donors (Lipinski definition) is 5. The summed E-state index contributed by atoms with van der Waals surface area (Å²) in [6.45, 7) is 8.00. The third kappa shape index (κ3) is 36.2. The van der Waals surface area contributed by atoms with Crippen molar-refractivity contribution in [3.05, 3.63) is 71.8 Å².